The minimum Gasteiger partial charge on any atom is -0.453 e. The average molecular weight is 793 g/mol. The van der Waals surface area contributed by atoms with Gasteiger partial charge in [-0.1, -0.05) is 140 Å². The van der Waals surface area contributed by atoms with Crippen molar-refractivity contribution in [3.8, 4) is 45.3 Å². The molecule has 0 spiro atoms. The van der Waals surface area contributed by atoms with Crippen LogP contribution < -0.4 is 19.3 Å². The molecule has 0 N–H and O–H groups in total. The number of hydrogen-bond acceptors (Lipinski definition) is 4. The van der Waals surface area contributed by atoms with Gasteiger partial charge >= 0.3 is 0 Å². The number of hydrogen-bond donors (Lipinski definition) is 0. The molecule has 2 aliphatic rings. The Kier molecular flexibility index (Phi) is 7.57. The first-order valence-electron chi connectivity index (χ1n) is 21.1. The Morgan fingerprint density at radius 2 is 0.726 bits per heavy atom. The minimum absolute atomic E-state index is 0.828. The highest BCUT2D eigenvalue weighted by molar-refractivity contribution is 6.25. The molecule has 4 nitrogen and oxygen atoms in total. The van der Waals surface area contributed by atoms with Gasteiger partial charge in [0.25, 0.3) is 0 Å². The van der Waals surface area contributed by atoms with E-state index in [1.54, 1.807) is 0 Å². The van der Waals surface area contributed by atoms with E-state index in [0.29, 0.717) is 0 Å². The summed E-state index contributed by atoms with van der Waals surface area (Å²) in [6.07, 6.45) is 0. The van der Waals surface area contributed by atoms with E-state index in [9.17, 15) is 0 Å². The van der Waals surface area contributed by atoms with Crippen molar-refractivity contribution in [2.75, 3.05) is 9.80 Å². The van der Waals surface area contributed by atoms with Crippen LogP contribution in [0.3, 0.4) is 0 Å². The van der Waals surface area contributed by atoms with Gasteiger partial charge in [0.05, 0.1) is 22.7 Å². The normalized spacial score (nSPS) is 12.7. The van der Waals surface area contributed by atoms with Crippen LogP contribution in [-0.2, 0) is 0 Å². The molecular formula is C58H36N2O2. The quantitative estimate of drug-likeness (QED) is 0.166. The summed E-state index contributed by atoms with van der Waals surface area (Å²) >= 11 is 0. The molecule has 0 aliphatic carbocycles. The Bertz CT molecular complexity index is 3530. The Morgan fingerprint density at radius 3 is 1.31 bits per heavy atom. The first kappa shape index (κ1) is 34.5. The maximum atomic E-state index is 6.48. The van der Waals surface area contributed by atoms with Crippen LogP contribution in [0, 0.1) is 0 Å². The summed E-state index contributed by atoms with van der Waals surface area (Å²) in [4.78, 5) is 4.69. The number of rotatable bonds is 4. The smallest absolute Gasteiger partial charge is 0.151 e. The lowest BCUT2D eigenvalue weighted by Gasteiger charge is -2.33. The molecule has 0 radical (unpaired) electrons. The fourth-order valence-electron chi connectivity index (χ4n) is 9.84. The standard InChI is InChI=1S/C58H36N2O2/c1-2-16-39-34-40(29-28-37(39)14-1)57-45-32-30-42(60-51-22-7-11-26-55(51)62-56-27-12-8-23-52(56)60)36-48(45)58(44-19-13-17-38-15-3-4-18-43(38)44)46-33-31-41(35-47(46)57)59-49-20-5-9-24-53(49)61-54-25-10-6-21-50(54)59/h1-36H. The highest BCUT2D eigenvalue weighted by atomic mass is 16.5. The Labute approximate surface area is 358 Å². The van der Waals surface area contributed by atoms with Crippen molar-refractivity contribution < 1.29 is 9.47 Å². The van der Waals surface area contributed by atoms with Crippen molar-refractivity contribution >= 4 is 77.2 Å². The fourth-order valence-corrected chi connectivity index (χ4v) is 9.84. The molecular weight excluding hydrogens is 757 g/mol. The number of nitrogens with zero attached hydrogens (tertiary/aromatic N) is 2. The lowest BCUT2D eigenvalue weighted by atomic mass is 9.84. The number of fused-ring (bicyclic) bond motifs is 8. The molecule has 0 fully saturated rings. The third kappa shape index (κ3) is 5.27. The van der Waals surface area contributed by atoms with Gasteiger partial charge in [-0.3, -0.25) is 0 Å². The molecule has 11 aromatic carbocycles. The van der Waals surface area contributed by atoms with Crippen molar-refractivity contribution in [2.45, 2.75) is 0 Å². The number of ether oxygens (including phenoxy) is 2. The zero-order valence-corrected chi connectivity index (χ0v) is 33.5. The lowest BCUT2D eigenvalue weighted by Crippen LogP contribution is -2.16. The van der Waals surface area contributed by atoms with Crippen LogP contribution in [0.4, 0.5) is 34.1 Å². The molecule has 11 aromatic rings. The monoisotopic (exact) mass is 792 g/mol. The van der Waals surface area contributed by atoms with Gasteiger partial charge in [0.15, 0.2) is 23.0 Å². The van der Waals surface area contributed by atoms with E-state index in [4.69, 9.17) is 9.47 Å². The van der Waals surface area contributed by atoms with Gasteiger partial charge in [0.1, 0.15) is 0 Å². The van der Waals surface area contributed by atoms with Gasteiger partial charge in [-0.2, -0.15) is 0 Å². The summed E-state index contributed by atoms with van der Waals surface area (Å²) in [5.74, 6) is 3.31. The zero-order chi connectivity index (χ0) is 40.7. The second-order valence-corrected chi connectivity index (χ2v) is 16.0. The van der Waals surface area contributed by atoms with Crippen molar-refractivity contribution in [1.29, 1.82) is 0 Å². The molecule has 0 amide bonds. The largest absolute Gasteiger partial charge is 0.453 e. The summed E-state index contributed by atoms with van der Waals surface area (Å²) in [6.45, 7) is 0. The van der Waals surface area contributed by atoms with Gasteiger partial charge in [-0.25, -0.2) is 0 Å². The van der Waals surface area contributed by atoms with Crippen molar-refractivity contribution in [3.63, 3.8) is 0 Å². The highest BCUT2D eigenvalue weighted by Gasteiger charge is 2.29. The van der Waals surface area contributed by atoms with Crippen LogP contribution in [-0.4, -0.2) is 0 Å². The van der Waals surface area contributed by atoms with Crippen LogP contribution >= 0.6 is 0 Å². The van der Waals surface area contributed by atoms with E-state index >= 15 is 0 Å². The van der Waals surface area contributed by atoms with E-state index in [0.717, 1.165) is 62.7 Å². The second-order valence-electron chi connectivity index (χ2n) is 16.0. The van der Waals surface area contributed by atoms with Crippen molar-refractivity contribution in [3.05, 3.63) is 218 Å². The van der Waals surface area contributed by atoms with Crippen LogP contribution in [0.25, 0.3) is 65.3 Å². The van der Waals surface area contributed by atoms with Gasteiger partial charge in [-0.15, -0.1) is 0 Å². The van der Waals surface area contributed by atoms with Crippen molar-refractivity contribution in [2.24, 2.45) is 0 Å². The number of anilines is 6. The fraction of sp³-hybridized carbons (Fsp3) is 0. The third-order valence-electron chi connectivity index (χ3n) is 12.6. The third-order valence-corrected chi connectivity index (χ3v) is 12.6. The van der Waals surface area contributed by atoms with Crippen molar-refractivity contribution in [1.82, 2.24) is 0 Å². The van der Waals surface area contributed by atoms with E-state index < -0.39 is 0 Å². The van der Waals surface area contributed by atoms with Gasteiger partial charge in [0.2, 0.25) is 0 Å². The van der Waals surface area contributed by atoms with Crippen LogP contribution in [0.5, 0.6) is 23.0 Å². The first-order valence-corrected chi connectivity index (χ1v) is 21.1. The average Bonchev–Trinajstić information content (AvgIpc) is 3.33. The van der Waals surface area contributed by atoms with Crippen LogP contribution in [0.2, 0.25) is 0 Å². The van der Waals surface area contributed by atoms with E-state index in [1.165, 1.54) is 59.8 Å². The molecule has 4 heteroatoms. The Morgan fingerprint density at radius 1 is 0.274 bits per heavy atom. The van der Waals surface area contributed by atoms with E-state index in [1.807, 2.05) is 24.3 Å². The first-order chi connectivity index (χ1) is 30.7. The van der Waals surface area contributed by atoms with Crippen LogP contribution in [0.15, 0.2) is 218 Å². The Hall–Kier alpha value is -8.34. The maximum Gasteiger partial charge on any atom is 0.151 e. The summed E-state index contributed by atoms with van der Waals surface area (Å²) in [5.41, 5.74) is 10.9. The zero-order valence-electron chi connectivity index (χ0n) is 33.5. The summed E-state index contributed by atoms with van der Waals surface area (Å²) in [6, 6.07) is 78.3. The topological polar surface area (TPSA) is 24.9 Å². The lowest BCUT2D eigenvalue weighted by molar-refractivity contribution is 0.477. The summed E-state index contributed by atoms with van der Waals surface area (Å²) < 4.78 is 13.0. The molecule has 0 atom stereocenters. The highest BCUT2D eigenvalue weighted by Crippen LogP contribution is 2.55. The predicted molar refractivity (Wildman–Crippen MR) is 257 cm³/mol. The van der Waals surface area contributed by atoms with E-state index in [-0.39, 0.29) is 0 Å². The SMILES string of the molecule is c1ccc2c(c1)Oc1ccccc1N2c1ccc2c(-c3cccc4ccccc34)c3cc(N4c5ccccc5Oc5ccccc54)ccc3c(-c3ccc4ccccc4c3)c2c1. The maximum absolute atomic E-state index is 6.48. The Balaban J connectivity index is 1.16. The molecule has 13 rings (SSSR count). The molecule has 2 aliphatic heterocycles. The molecule has 0 saturated carbocycles. The molecule has 0 aromatic heterocycles. The molecule has 0 unspecified atom stereocenters. The second kappa shape index (κ2) is 13.6. The van der Waals surface area contributed by atoms with Gasteiger partial charge < -0.3 is 19.3 Å². The van der Waals surface area contributed by atoms with E-state index in [2.05, 4.69) is 204 Å². The summed E-state index contributed by atoms with van der Waals surface area (Å²) in [7, 11) is 0. The predicted octanol–water partition coefficient (Wildman–Crippen LogP) is 16.8. The molecule has 0 saturated heterocycles. The van der Waals surface area contributed by atoms with Crippen LogP contribution in [0.1, 0.15) is 0 Å². The molecule has 0 bridgehead atoms. The molecule has 2 heterocycles. The molecule has 290 valence electrons. The number of benzene rings is 11. The van der Waals surface area contributed by atoms with Gasteiger partial charge in [-0.05, 0) is 144 Å². The number of para-hydroxylation sites is 8. The van der Waals surface area contributed by atoms with Gasteiger partial charge in [0, 0.05) is 11.4 Å². The minimum atomic E-state index is 0.828. The molecule has 62 heavy (non-hydrogen) atoms. The summed E-state index contributed by atoms with van der Waals surface area (Å²) in [5, 5.41) is 9.53.